The van der Waals surface area contributed by atoms with Crippen LogP contribution in [0.15, 0.2) is 18.2 Å². The van der Waals surface area contributed by atoms with Gasteiger partial charge in [-0.25, -0.2) is 0 Å². The normalized spacial score (nSPS) is 10.4. The molecule has 0 aliphatic heterocycles. The fourth-order valence-corrected chi connectivity index (χ4v) is 1.67. The zero-order valence-electron chi connectivity index (χ0n) is 8.50. The van der Waals surface area contributed by atoms with Crippen molar-refractivity contribution in [3.8, 4) is 5.75 Å². The molecule has 0 aliphatic rings. The van der Waals surface area contributed by atoms with Crippen molar-refractivity contribution in [1.82, 2.24) is 0 Å². The summed E-state index contributed by atoms with van der Waals surface area (Å²) in [6.45, 7) is 3.78. The molecule has 0 aromatic heterocycles. The van der Waals surface area contributed by atoms with Crippen LogP contribution in [0.2, 0.25) is 0 Å². The van der Waals surface area contributed by atoms with Gasteiger partial charge in [0.2, 0.25) is 0 Å². The van der Waals surface area contributed by atoms with Gasteiger partial charge >= 0.3 is 0 Å². The molecule has 14 heavy (non-hydrogen) atoms. The fraction of sp³-hybridized carbons (Fsp3) is 0.364. The van der Waals surface area contributed by atoms with Crippen LogP contribution < -0.4 is 4.74 Å². The topological polar surface area (TPSA) is 26.3 Å². The van der Waals surface area contributed by atoms with E-state index in [1.807, 2.05) is 32.0 Å². The van der Waals surface area contributed by atoms with Crippen LogP contribution in [-0.4, -0.2) is 12.9 Å². The molecule has 0 heterocycles. The maximum absolute atomic E-state index is 11.8. The fourth-order valence-electron chi connectivity index (χ4n) is 1.18. The highest BCUT2D eigenvalue weighted by Crippen LogP contribution is 2.23. The summed E-state index contributed by atoms with van der Waals surface area (Å²) in [6, 6.07) is 5.62. The molecular formula is C11H13IO2. The molecule has 2 nitrogen and oxygen atoms in total. The average Bonchev–Trinajstić information content (AvgIpc) is 2.16. The molecule has 0 fully saturated rings. The van der Waals surface area contributed by atoms with Gasteiger partial charge in [-0.2, -0.15) is 0 Å². The molecule has 0 bridgehead atoms. The van der Waals surface area contributed by atoms with E-state index in [-0.39, 0.29) is 11.7 Å². The first kappa shape index (κ1) is 11.5. The van der Waals surface area contributed by atoms with E-state index in [1.165, 1.54) is 0 Å². The van der Waals surface area contributed by atoms with Crippen LogP contribution in [0.4, 0.5) is 0 Å². The van der Waals surface area contributed by atoms with Gasteiger partial charge < -0.3 is 4.74 Å². The summed E-state index contributed by atoms with van der Waals surface area (Å²) in [5.74, 6) is 0.784. The van der Waals surface area contributed by atoms with E-state index in [0.29, 0.717) is 11.3 Å². The van der Waals surface area contributed by atoms with Crippen molar-refractivity contribution in [3.63, 3.8) is 0 Å². The number of Topliss-reactive ketones (excluding diaryl/α,β-unsaturated/α-hetero) is 1. The van der Waals surface area contributed by atoms with Gasteiger partial charge in [0.15, 0.2) is 5.78 Å². The maximum Gasteiger partial charge on any atom is 0.169 e. The summed E-state index contributed by atoms with van der Waals surface area (Å²) >= 11 is 2.19. The van der Waals surface area contributed by atoms with E-state index < -0.39 is 0 Å². The minimum absolute atomic E-state index is 0.00194. The van der Waals surface area contributed by atoms with Crippen LogP contribution in [0.5, 0.6) is 5.75 Å². The van der Waals surface area contributed by atoms with E-state index >= 15 is 0 Å². The van der Waals surface area contributed by atoms with Crippen molar-refractivity contribution in [2.45, 2.75) is 13.8 Å². The second-order valence-corrected chi connectivity index (χ2v) is 4.61. The molecule has 76 valence electrons. The lowest BCUT2D eigenvalue weighted by Crippen LogP contribution is -2.09. The molecule has 0 atom stereocenters. The molecule has 0 N–H and O–H groups in total. The first-order valence-electron chi connectivity index (χ1n) is 4.44. The number of ether oxygens (including phenoxy) is 1. The summed E-state index contributed by atoms with van der Waals surface area (Å²) in [4.78, 5) is 11.8. The minimum atomic E-state index is 0.00194. The smallest absolute Gasteiger partial charge is 0.169 e. The average molecular weight is 304 g/mol. The zero-order chi connectivity index (χ0) is 10.7. The van der Waals surface area contributed by atoms with Gasteiger partial charge in [0, 0.05) is 9.49 Å². The number of carbonyl (C=O) groups excluding carboxylic acids is 1. The molecule has 0 saturated carbocycles. The molecule has 1 aromatic carbocycles. The molecule has 0 unspecified atom stereocenters. The third-order valence-corrected chi connectivity index (χ3v) is 2.62. The van der Waals surface area contributed by atoms with Gasteiger partial charge in [-0.05, 0) is 40.8 Å². The Morgan fingerprint density at radius 1 is 1.43 bits per heavy atom. The Labute approximate surface area is 97.8 Å². The monoisotopic (exact) mass is 304 g/mol. The third kappa shape index (κ3) is 2.47. The van der Waals surface area contributed by atoms with Crippen LogP contribution >= 0.6 is 22.6 Å². The molecule has 0 aliphatic carbocycles. The largest absolute Gasteiger partial charge is 0.496 e. The Kier molecular flexibility index (Phi) is 3.92. The third-order valence-electron chi connectivity index (χ3n) is 1.95. The standard InChI is InChI=1S/C11H13IO2/c1-7(2)11(13)9-6-8(12)4-5-10(9)14-3/h4-7H,1-3H3. The van der Waals surface area contributed by atoms with Crippen molar-refractivity contribution < 1.29 is 9.53 Å². The lowest BCUT2D eigenvalue weighted by molar-refractivity contribution is 0.0936. The highest BCUT2D eigenvalue weighted by molar-refractivity contribution is 14.1. The quantitative estimate of drug-likeness (QED) is 0.633. The van der Waals surface area contributed by atoms with Gasteiger partial charge in [-0.15, -0.1) is 0 Å². The Balaban J connectivity index is 3.17. The number of methoxy groups -OCH3 is 1. The van der Waals surface area contributed by atoms with Crippen molar-refractivity contribution in [2.75, 3.05) is 7.11 Å². The molecule has 0 amide bonds. The highest BCUT2D eigenvalue weighted by Gasteiger charge is 2.15. The maximum atomic E-state index is 11.8. The Morgan fingerprint density at radius 3 is 2.57 bits per heavy atom. The van der Waals surface area contributed by atoms with E-state index in [1.54, 1.807) is 7.11 Å². The van der Waals surface area contributed by atoms with Crippen LogP contribution in [-0.2, 0) is 0 Å². The first-order chi connectivity index (χ1) is 6.56. The molecular weight excluding hydrogens is 291 g/mol. The van der Waals surface area contributed by atoms with Gasteiger partial charge in [0.1, 0.15) is 5.75 Å². The zero-order valence-corrected chi connectivity index (χ0v) is 10.7. The van der Waals surface area contributed by atoms with E-state index in [9.17, 15) is 4.79 Å². The Bertz CT molecular complexity index is 345. The summed E-state index contributed by atoms with van der Waals surface area (Å²) in [5, 5.41) is 0. The second kappa shape index (κ2) is 4.77. The number of ketones is 1. The highest BCUT2D eigenvalue weighted by atomic mass is 127. The molecule has 1 rings (SSSR count). The number of benzene rings is 1. The van der Waals surface area contributed by atoms with Crippen molar-refractivity contribution in [3.05, 3.63) is 27.3 Å². The molecule has 3 heteroatoms. The number of carbonyl (C=O) groups is 1. The van der Waals surface area contributed by atoms with E-state index in [4.69, 9.17) is 4.74 Å². The van der Waals surface area contributed by atoms with Gasteiger partial charge in [-0.3, -0.25) is 4.79 Å². The van der Waals surface area contributed by atoms with Crippen LogP contribution in [0.1, 0.15) is 24.2 Å². The SMILES string of the molecule is COc1ccc(I)cc1C(=O)C(C)C. The van der Waals surface area contributed by atoms with Crippen molar-refractivity contribution >= 4 is 28.4 Å². The number of halogens is 1. The van der Waals surface area contributed by atoms with E-state index in [2.05, 4.69) is 22.6 Å². The van der Waals surface area contributed by atoms with Crippen molar-refractivity contribution in [1.29, 1.82) is 0 Å². The minimum Gasteiger partial charge on any atom is -0.496 e. The van der Waals surface area contributed by atoms with Crippen molar-refractivity contribution in [2.24, 2.45) is 5.92 Å². The molecule has 0 saturated heterocycles. The predicted octanol–water partition coefficient (Wildman–Crippen LogP) is 3.14. The summed E-state index contributed by atoms with van der Waals surface area (Å²) < 4.78 is 6.20. The van der Waals surface area contributed by atoms with Crippen LogP contribution in [0, 0.1) is 9.49 Å². The van der Waals surface area contributed by atoms with Gasteiger partial charge in [0.05, 0.1) is 12.7 Å². The molecule has 1 aromatic rings. The number of hydrogen-bond acceptors (Lipinski definition) is 2. The van der Waals surface area contributed by atoms with Gasteiger partial charge in [-0.1, -0.05) is 13.8 Å². The number of rotatable bonds is 3. The van der Waals surface area contributed by atoms with Crippen LogP contribution in [0.25, 0.3) is 0 Å². The number of hydrogen-bond donors (Lipinski definition) is 0. The second-order valence-electron chi connectivity index (χ2n) is 3.36. The van der Waals surface area contributed by atoms with Gasteiger partial charge in [0.25, 0.3) is 0 Å². The van der Waals surface area contributed by atoms with E-state index in [0.717, 1.165) is 3.57 Å². The Morgan fingerprint density at radius 2 is 2.07 bits per heavy atom. The molecule has 0 radical (unpaired) electrons. The first-order valence-corrected chi connectivity index (χ1v) is 5.52. The lowest BCUT2D eigenvalue weighted by Gasteiger charge is -2.09. The lowest BCUT2D eigenvalue weighted by atomic mass is 10.0. The summed E-state index contributed by atoms with van der Waals surface area (Å²) in [6.07, 6.45) is 0. The summed E-state index contributed by atoms with van der Waals surface area (Å²) in [5.41, 5.74) is 0.675. The van der Waals surface area contributed by atoms with Crippen LogP contribution in [0.3, 0.4) is 0 Å². The Hall–Kier alpha value is -0.580. The molecule has 0 spiro atoms. The predicted molar refractivity (Wildman–Crippen MR) is 64.9 cm³/mol. The summed E-state index contributed by atoms with van der Waals surface area (Å²) in [7, 11) is 1.58.